The molecule has 0 radical (unpaired) electrons. The summed E-state index contributed by atoms with van der Waals surface area (Å²) in [6.45, 7) is 7.56. The summed E-state index contributed by atoms with van der Waals surface area (Å²) < 4.78 is 9.19. The summed E-state index contributed by atoms with van der Waals surface area (Å²) in [4.78, 5) is 30.9. The summed E-state index contributed by atoms with van der Waals surface area (Å²) >= 11 is 0. The molecule has 1 aliphatic heterocycles. The Hall–Kier alpha value is -1.85. The molecule has 1 fully saturated rings. The van der Waals surface area contributed by atoms with Gasteiger partial charge in [0.2, 0.25) is 0 Å². The van der Waals surface area contributed by atoms with Crippen LogP contribution in [-0.4, -0.2) is 35.2 Å². The Morgan fingerprint density at radius 1 is 1.19 bits per heavy atom. The van der Waals surface area contributed by atoms with E-state index >= 15 is 0 Å². The van der Waals surface area contributed by atoms with E-state index in [2.05, 4.69) is 16.1 Å². The van der Waals surface area contributed by atoms with Gasteiger partial charge in [0.25, 0.3) is 0 Å². The molecule has 0 saturated carbocycles. The topological polar surface area (TPSA) is 89.9 Å². The summed E-state index contributed by atoms with van der Waals surface area (Å²) in [5, 5.41) is 7.89. The zero-order chi connectivity index (χ0) is 12.9. The number of rotatable bonds is 1. The van der Waals surface area contributed by atoms with Crippen molar-refractivity contribution in [3.05, 3.63) is 12.2 Å². The second-order valence-electron chi connectivity index (χ2n) is 3.24. The highest BCUT2D eigenvalue weighted by molar-refractivity contribution is 5.86. The minimum Gasteiger partial charge on any atom is -0.478 e. The first-order chi connectivity index (χ1) is 7.25. The highest BCUT2D eigenvalue weighted by atomic mass is 16.6. The van der Waals surface area contributed by atoms with Crippen LogP contribution in [0, 0.1) is 0 Å². The van der Waals surface area contributed by atoms with Gasteiger partial charge in [0.15, 0.2) is 12.2 Å². The summed E-state index contributed by atoms with van der Waals surface area (Å²) in [6.07, 6.45) is -1.49. The van der Waals surface area contributed by atoms with Gasteiger partial charge in [-0.25, -0.2) is 14.4 Å². The normalized spacial score (nSPS) is 23.4. The van der Waals surface area contributed by atoms with Crippen molar-refractivity contribution in [1.82, 2.24) is 0 Å². The number of cyclic esters (lactones) is 2. The first kappa shape index (κ1) is 14.2. The minimum atomic E-state index is -0.935. The molecule has 0 aromatic carbocycles. The number of esters is 2. The number of carboxylic acid groups (broad SMARTS) is 1. The number of carbonyl (C=O) groups excluding carboxylic acids is 2. The summed E-state index contributed by atoms with van der Waals surface area (Å²) in [5.74, 6) is -1.89. The van der Waals surface area contributed by atoms with Crippen LogP contribution >= 0.6 is 0 Å². The molecule has 90 valence electrons. The van der Waals surface area contributed by atoms with E-state index in [4.69, 9.17) is 5.11 Å². The molecule has 1 aliphatic rings. The van der Waals surface area contributed by atoms with Gasteiger partial charge in [-0.15, -0.1) is 0 Å². The molecule has 0 amide bonds. The zero-order valence-corrected chi connectivity index (χ0v) is 9.35. The maximum absolute atomic E-state index is 10.7. The lowest BCUT2D eigenvalue weighted by Crippen LogP contribution is -2.40. The molecule has 16 heavy (non-hydrogen) atoms. The van der Waals surface area contributed by atoms with Gasteiger partial charge in [-0.05, 0) is 20.8 Å². The van der Waals surface area contributed by atoms with Crippen molar-refractivity contribution < 1.29 is 29.0 Å². The Kier molecular flexibility index (Phi) is 5.21. The van der Waals surface area contributed by atoms with E-state index in [0.717, 1.165) is 0 Å². The number of hydrogen-bond donors (Lipinski definition) is 1. The van der Waals surface area contributed by atoms with Crippen molar-refractivity contribution in [2.75, 3.05) is 0 Å². The standard InChI is InChI=1S/C6H8O4.C4H6O2/c1-3-5(7)10-4(2)6(8)9-3;1-3(2)4(5)6/h3-4H,1-2H3;1H2,2H3,(H,5,6). The van der Waals surface area contributed by atoms with E-state index in [9.17, 15) is 14.4 Å². The smallest absolute Gasteiger partial charge is 0.347 e. The highest BCUT2D eigenvalue weighted by Crippen LogP contribution is 2.08. The van der Waals surface area contributed by atoms with Crippen LogP contribution in [0.15, 0.2) is 12.2 Å². The first-order valence-electron chi connectivity index (χ1n) is 4.55. The fourth-order valence-corrected chi connectivity index (χ4v) is 0.636. The van der Waals surface area contributed by atoms with Crippen LogP contribution < -0.4 is 0 Å². The minimum absolute atomic E-state index is 0.176. The molecular weight excluding hydrogens is 216 g/mol. The SMILES string of the molecule is C=C(C)C(=O)O.CC1OC(=O)C(C)OC1=O. The van der Waals surface area contributed by atoms with Gasteiger partial charge in [-0.3, -0.25) is 0 Å². The maximum atomic E-state index is 10.7. The van der Waals surface area contributed by atoms with E-state index in [1.807, 2.05) is 0 Å². The lowest BCUT2D eigenvalue weighted by molar-refractivity contribution is -0.191. The van der Waals surface area contributed by atoms with Crippen molar-refractivity contribution in [3.63, 3.8) is 0 Å². The van der Waals surface area contributed by atoms with Crippen LogP contribution in [0.25, 0.3) is 0 Å². The molecule has 0 spiro atoms. The van der Waals surface area contributed by atoms with E-state index < -0.39 is 30.1 Å². The Labute approximate surface area is 92.8 Å². The molecule has 2 unspecified atom stereocenters. The first-order valence-corrected chi connectivity index (χ1v) is 4.55. The largest absolute Gasteiger partial charge is 0.478 e. The second kappa shape index (κ2) is 5.89. The van der Waals surface area contributed by atoms with Gasteiger partial charge in [0, 0.05) is 5.57 Å². The molecule has 0 aromatic heterocycles. The fourth-order valence-electron chi connectivity index (χ4n) is 0.636. The summed E-state index contributed by atoms with van der Waals surface area (Å²) in [5.41, 5.74) is 0.176. The lowest BCUT2D eigenvalue weighted by atomic mass is 10.3. The Morgan fingerprint density at radius 2 is 1.44 bits per heavy atom. The fraction of sp³-hybridized carbons (Fsp3) is 0.500. The zero-order valence-electron chi connectivity index (χ0n) is 9.35. The van der Waals surface area contributed by atoms with Crippen molar-refractivity contribution in [2.24, 2.45) is 0 Å². The highest BCUT2D eigenvalue weighted by Gasteiger charge is 2.32. The second-order valence-corrected chi connectivity index (χ2v) is 3.24. The van der Waals surface area contributed by atoms with Crippen molar-refractivity contribution in [1.29, 1.82) is 0 Å². The third-order valence-corrected chi connectivity index (χ3v) is 1.61. The van der Waals surface area contributed by atoms with Crippen LogP contribution in [0.1, 0.15) is 20.8 Å². The summed E-state index contributed by atoms with van der Waals surface area (Å²) in [6, 6.07) is 0. The molecule has 0 bridgehead atoms. The quantitative estimate of drug-likeness (QED) is 0.521. The van der Waals surface area contributed by atoms with Gasteiger partial charge in [-0.2, -0.15) is 0 Å². The average molecular weight is 230 g/mol. The van der Waals surface area contributed by atoms with Crippen LogP contribution in [0.2, 0.25) is 0 Å². The predicted octanol–water partition coefficient (Wildman–Crippen LogP) is 0.510. The van der Waals surface area contributed by atoms with Gasteiger partial charge in [0.1, 0.15) is 0 Å². The van der Waals surface area contributed by atoms with Gasteiger partial charge >= 0.3 is 17.9 Å². The molecule has 6 nitrogen and oxygen atoms in total. The third kappa shape index (κ3) is 4.59. The lowest BCUT2D eigenvalue weighted by Gasteiger charge is -2.22. The molecular formula is C10H14O6. The average Bonchev–Trinajstić information content (AvgIpc) is 2.16. The number of carbonyl (C=O) groups is 3. The summed E-state index contributed by atoms with van der Waals surface area (Å²) in [7, 11) is 0. The molecule has 1 saturated heterocycles. The third-order valence-electron chi connectivity index (χ3n) is 1.61. The van der Waals surface area contributed by atoms with Gasteiger partial charge in [-0.1, -0.05) is 6.58 Å². The molecule has 1 heterocycles. The molecule has 0 aliphatic carbocycles. The molecule has 1 rings (SSSR count). The van der Waals surface area contributed by atoms with Crippen molar-refractivity contribution in [2.45, 2.75) is 33.0 Å². The molecule has 6 heteroatoms. The monoisotopic (exact) mass is 230 g/mol. The van der Waals surface area contributed by atoms with E-state index in [1.54, 1.807) is 0 Å². The number of aliphatic carboxylic acids is 1. The van der Waals surface area contributed by atoms with E-state index in [1.165, 1.54) is 20.8 Å². The van der Waals surface area contributed by atoms with Gasteiger partial charge in [0.05, 0.1) is 0 Å². The number of carboxylic acids is 1. The van der Waals surface area contributed by atoms with Crippen LogP contribution in [-0.2, 0) is 23.9 Å². The Balaban J connectivity index is 0.000000325. The maximum Gasteiger partial charge on any atom is 0.347 e. The van der Waals surface area contributed by atoms with Crippen LogP contribution in [0.3, 0.4) is 0 Å². The number of ether oxygens (including phenoxy) is 2. The van der Waals surface area contributed by atoms with E-state index in [-0.39, 0.29) is 5.57 Å². The number of hydrogen-bond acceptors (Lipinski definition) is 5. The molecule has 2 atom stereocenters. The van der Waals surface area contributed by atoms with E-state index in [0.29, 0.717) is 0 Å². The van der Waals surface area contributed by atoms with Crippen molar-refractivity contribution >= 4 is 17.9 Å². The predicted molar refractivity (Wildman–Crippen MR) is 53.6 cm³/mol. The molecule has 0 aromatic rings. The van der Waals surface area contributed by atoms with Gasteiger partial charge < -0.3 is 14.6 Å². The van der Waals surface area contributed by atoms with Crippen LogP contribution in [0.4, 0.5) is 0 Å². The Bertz CT molecular complexity index is 287. The Morgan fingerprint density at radius 3 is 1.62 bits per heavy atom. The van der Waals surface area contributed by atoms with Crippen molar-refractivity contribution in [3.8, 4) is 0 Å². The van der Waals surface area contributed by atoms with Crippen LogP contribution in [0.5, 0.6) is 0 Å². The molecule has 1 N–H and O–H groups in total.